The molecule has 1 rings (SSSR count). The van der Waals surface area contributed by atoms with Crippen molar-refractivity contribution in [3.8, 4) is 0 Å². The molecule has 8 heteroatoms. The number of anilines is 2. The molecule has 17 heavy (non-hydrogen) atoms. The highest BCUT2D eigenvalue weighted by Crippen LogP contribution is 1.98. The molecule has 0 spiro atoms. The minimum absolute atomic E-state index is 0.0208. The van der Waals surface area contributed by atoms with E-state index in [9.17, 15) is 9.59 Å². The number of hydrogen-bond donors (Lipinski definition) is 5. The summed E-state index contributed by atoms with van der Waals surface area (Å²) in [7, 11) is 0. The van der Waals surface area contributed by atoms with Crippen molar-refractivity contribution in [1.29, 1.82) is 0 Å². The molecule has 0 radical (unpaired) electrons. The Kier molecular flexibility index (Phi) is 5.69. The van der Waals surface area contributed by atoms with Gasteiger partial charge in [-0.05, 0) is 5.92 Å². The number of carbonyl (C=O) groups is 1. The van der Waals surface area contributed by atoms with E-state index in [0.717, 1.165) is 0 Å². The summed E-state index contributed by atoms with van der Waals surface area (Å²) in [5, 5.41) is 8.23. The van der Waals surface area contributed by atoms with Crippen LogP contribution in [0.1, 0.15) is 13.8 Å². The van der Waals surface area contributed by atoms with Crippen molar-refractivity contribution in [2.75, 3.05) is 11.5 Å². The number of hydrogen-bond acceptors (Lipinski definition) is 6. The van der Waals surface area contributed by atoms with Crippen LogP contribution in [0.25, 0.3) is 0 Å². The lowest BCUT2D eigenvalue weighted by atomic mass is 10.1. The van der Waals surface area contributed by atoms with Crippen LogP contribution >= 0.6 is 0 Å². The summed E-state index contributed by atoms with van der Waals surface area (Å²) in [4.78, 5) is 26.4. The van der Waals surface area contributed by atoms with Gasteiger partial charge < -0.3 is 27.3 Å². The zero-order valence-corrected chi connectivity index (χ0v) is 9.68. The Balaban J connectivity index is 0.000000304. The van der Waals surface area contributed by atoms with E-state index < -0.39 is 17.6 Å². The average Bonchev–Trinajstić information content (AvgIpc) is 2.25. The number of aliphatic carboxylic acids is 1. The van der Waals surface area contributed by atoms with Crippen molar-refractivity contribution in [1.82, 2.24) is 9.97 Å². The second-order valence-electron chi connectivity index (χ2n) is 3.64. The van der Waals surface area contributed by atoms with Crippen LogP contribution in [0.5, 0.6) is 0 Å². The van der Waals surface area contributed by atoms with Crippen molar-refractivity contribution in [3.63, 3.8) is 0 Å². The quantitative estimate of drug-likeness (QED) is 0.444. The van der Waals surface area contributed by atoms with Crippen LogP contribution in [0.2, 0.25) is 0 Å². The number of aromatic nitrogens is 2. The topological polar surface area (TPSA) is 161 Å². The van der Waals surface area contributed by atoms with Gasteiger partial charge in [0, 0.05) is 0 Å². The first-order valence-electron chi connectivity index (χ1n) is 4.84. The zero-order valence-electron chi connectivity index (χ0n) is 9.68. The summed E-state index contributed by atoms with van der Waals surface area (Å²) in [5.41, 5.74) is 15.0. The van der Waals surface area contributed by atoms with Gasteiger partial charge in [-0.25, -0.2) is 4.98 Å². The molecule has 0 aromatic carbocycles. The summed E-state index contributed by atoms with van der Waals surface area (Å²) in [6.07, 6.45) is 1.20. The molecule has 0 saturated heterocycles. The van der Waals surface area contributed by atoms with Crippen LogP contribution < -0.4 is 22.8 Å². The Bertz CT molecular complexity index is 429. The number of rotatable bonds is 2. The van der Waals surface area contributed by atoms with E-state index in [0.29, 0.717) is 0 Å². The lowest BCUT2D eigenvalue weighted by Crippen LogP contribution is -2.34. The van der Waals surface area contributed by atoms with Crippen LogP contribution in [0.15, 0.2) is 11.1 Å². The highest BCUT2D eigenvalue weighted by molar-refractivity contribution is 5.73. The maximum atomic E-state index is 10.5. The van der Waals surface area contributed by atoms with Gasteiger partial charge in [0.1, 0.15) is 11.7 Å². The second-order valence-corrected chi connectivity index (χ2v) is 3.64. The van der Waals surface area contributed by atoms with Gasteiger partial charge in [-0.3, -0.25) is 9.59 Å². The molecule has 0 saturated carbocycles. The lowest BCUT2D eigenvalue weighted by molar-refractivity contribution is -0.139. The van der Waals surface area contributed by atoms with E-state index in [2.05, 4.69) is 9.97 Å². The third-order valence-electron chi connectivity index (χ3n) is 1.92. The molecule has 0 amide bonds. The Labute approximate surface area is 97.8 Å². The molecular formula is C9H17N5O3. The number of nitrogens with one attached hydrogen (secondary N) is 1. The van der Waals surface area contributed by atoms with E-state index in [-0.39, 0.29) is 17.4 Å². The van der Waals surface area contributed by atoms with Crippen molar-refractivity contribution < 1.29 is 9.90 Å². The first-order valence-corrected chi connectivity index (χ1v) is 4.84. The zero-order chi connectivity index (χ0) is 13.6. The summed E-state index contributed by atoms with van der Waals surface area (Å²) < 4.78 is 0. The van der Waals surface area contributed by atoms with E-state index >= 15 is 0 Å². The predicted molar refractivity (Wildman–Crippen MR) is 64.1 cm³/mol. The fraction of sp³-hybridized carbons (Fsp3) is 0.444. The summed E-state index contributed by atoms with van der Waals surface area (Å²) >= 11 is 0. The van der Waals surface area contributed by atoms with E-state index in [4.69, 9.17) is 22.3 Å². The molecule has 0 fully saturated rings. The summed E-state index contributed by atoms with van der Waals surface area (Å²) in [6.45, 7) is 3.55. The molecule has 0 unspecified atom stereocenters. The highest BCUT2D eigenvalue weighted by atomic mass is 16.4. The maximum Gasteiger partial charge on any atom is 0.320 e. The average molecular weight is 243 g/mol. The third-order valence-corrected chi connectivity index (χ3v) is 1.92. The molecular weight excluding hydrogens is 226 g/mol. The van der Waals surface area contributed by atoms with Gasteiger partial charge in [0.25, 0.3) is 5.56 Å². The Hall–Kier alpha value is -2.09. The lowest BCUT2D eigenvalue weighted by Gasteiger charge is -2.07. The van der Waals surface area contributed by atoms with Crippen LogP contribution in [0.3, 0.4) is 0 Å². The van der Waals surface area contributed by atoms with Gasteiger partial charge >= 0.3 is 5.97 Å². The Morgan fingerprint density at radius 1 is 1.47 bits per heavy atom. The normalized spacial score (nSPS) is 11.5. The number of nitrogens with two attached hydrogens (primary N) is 3. The van der Waals surface area contributed by atoms with Crippen LogP contribution in [0, 0.1) is 5.92 Å². The van der Waals surface area contributed by atoms with E-state index in [1.54, 1.807) is 13.8 Å². The fourth-order valence-corrected chi connectivity index (χ4v) is 0.709. The molecule has 1 heterocycles. The van der Waals surface area contributed by atoms with Crippen LogP contribution in [-0.4, -0.2) is 27.1 Å². The second kappa shape index (κ2) is 6.48. The standard InChI is InChI=1S/C5H11NO2.C4H6N4O/c1-3(2)4(6)5(7)8;5-2-3(6)7-1-8-4(2)9/h3-4H,6H2,1-2H3,(H,7,8);1H,5H2,(H3,6,7,8,9)/t4-;/m0./s1. The van der Waals surface area contributed by atoms with Crippen molar-refractivity contribution >= 4 is 17.5 Å². The van der Waals surface area contributed by atoms with Gasteiger partial charge in [-0.1, -0.05) is 13.8 Å². The van der Waals surface area contributed by atoms with Gasteiger partial charge in [-0.2, -0.15) is 0 Å². The molecule has 1 aromatic heterocycles. The van der Waals surface area contributed by atoms with E-state index in [1.165, 1.54) is 6.33 Å². The first-order chi connectivity index (χ1) is 7.77. The van der Waals surface area contributed by atoms with Crippen molar-refractivity contribution in [2.45, 2.75) is 19.9 Å². The summed E-state index contributed by atoms with van der Waals surface area (Å²) in [5.74, 6) is -0.841. The Morgan fingerprint density at radius 3 is 2.24 bits per heavy atom. The van der Waals surface area contributed by atoms with Gasteiger partial charge in [0.2, 0.25) is 0 Å². The molecule has 0 aliphatic carbocycles. The van der Waals surface area contributed by atoms with Crippen molar-refractivity contribution in [3.05, 3.63) is 16.7 Å². The van der Waals surface area contributed by atoms with Gasteiger partial charge in [0.15, 0.2) is 5.82 Å². The molecule has 96 valence electrons. The minimum atomic E-state index is -0.931. The SMILES string of the molecule is CC(C)[C@H](N)C(=O)O.Nc1nc[nH]c(=O)c1N. The number of nitrogens with zero attached hydrogens (tertiary/aromatic N) is 1. The number of carboxylic acids is 1. The van der Waals surface area contributed by atoms with Crippen LogP contribution in [-0.2, 0) is 4.79 Å². The summed E-state index contributed by atoms with van der Waals surface area (Å²) in [6, 6.07) is -0.713. The number of nitrogen functional groups attached to an aromatic ring is 2. The molecule has 1 atom stereocenters. The van der Waals surface area contributed by atoms with Gasteiger partial charge in [0.05, 0.1) is 6.33 Å². The largest absolute Gasteiger partial charge is 0.480 e. The number of aromatic amines is 1. The molecule has 8 nitrogen and oxygen atoms in total. The monoisotopic (exact) mass is 243 g/mol. The van der Waals surface area contributed by atoms with Crippen molar-refractivity contribution in [2.24, 2.45) is 11.7 Å². The fourth-order valence-electron chi connectivity index (χ4n) is 0.709. The third kappa shape index (κ3) is 4.98. The van der Waals surface area contributed by atoms with E-state index in [1.807, 2.05) is 0 Å². The smallest absolute Gasteiger partial charge is 0.320 e. The van der Waals surface area contributed by atoms with Crippen LogP contribution in [0.4, 0.5) is 11.5 Å². The highest BCUT2D eigenvalue weighted by Gasteiger charge is 2.14. The Morgan fingerprint density at radius 2 is 2.00 bits per heavy atom. The molecule has 0 bridgehead atoms. The van der Waals surface area contributed by atoms with Gasteiger partial charge in [-0.15, -0.1) is 0 Å². The molecule has 0 aliphatic heterocycles. The molecule has 8 N–H and O–H groups in total. The molecule has 1 aromatic rings. The molecule has 0 aliphatic rings. The number of H-pyrrole nitrogens is 1. The maximum absolute atomic E-state index is 10.5. The first kappa shape index (κ1) is 14.9. The predicted octanol–water partition coefficient (Wildman–Crippen LogP) is -1.01. The number of carboxylic acid groups (broad SMARTS) is 1. The minimum Gasteiger partial charge on any atom is -0.480 e.